The van der Waals surface area contributed by atoms with Crippen LogP contribution in [0, 0.1) is 0 Å². The van der Waals surface area contributed by atoms with Crippen molar-refractivity contribution in [3.63, 3.8) is 0 Å². The first-order valence-corrected chi connectivity index (χ1v) is 5.75. The molecule has 0 fully saturated rings. The topological polar surface area (TPSA) is 55.7 Å². The summed E-state index contributed by atoms with van der Waals surface area (Å²) in [6.07, 6.45) is 2.94. The Balaban J connectivity index is 2.66. The van der Waals surface area contributed by atoms with Crippen molar-refractivity contribution in [3.8, 4) is 0 Å². The van der Waals surface area contributed by atoms with Crippen LogP contribution in [0.1, 0.15) is 17.3 Å². The van der Waals surface area contributed by atoms with Crippen LogP contribution in [0.25, 0.3) is 0 Å². The number of benzene rings is 1. The zero-order valence-corrected chi connectivity index (χ0v) is 9.78. The Morgan fingerprint density at radius 2 is 1.94 bits per heavy atom. The van der Waals surface area contributed by atoms with Crippen molar-refractivity contribution < 1.29 is 14.4 Å². The number of hydrogen-bond donors (Lipinski definition) is 0. The Morgan fingerprint density at radius 3 is 2.44 bits per heavy atom. The molecule has 0 unspecified atom stereocenters. The van der Waals surface area contributed by atoms with E-state index in [9.17, 15) is 9.59 Å². The lowest BCUT2D eigenvalue weighted by atomic mass is 10.1. The zero-order chi connectivity index (χ0) is 12.0. The number of carbonyl (C=O) groups is 2. The van der Waals surface area contributed by atoms with Gasteiger partial charge in [0, 0.05) is 17.4 Å². The van der Waals surface area contributed by atoms with Crippen LogP contribution in [0.3, 0.4) is 0 Å². The van der Waals surface area contributed by atoms with Crippen molar-refractivity contribution in [2.75, 3.05) is 6.26 Å². The highest BCUT2D eigenvalue weighted by atomic mass is 32.2. The highest BCUT2D eigenvalue weighted by Crippen LogP contribution is 2.14. The van der Waals surface area contributed by atoms with Gasteiger partial charge in [0.05, 0.1) is 0 Å². The molecule has 0 atom stereocenters. The monoisotopic (exact) mass is 237 g/mol. The average molecular weight is 237 g/mol. The molecule has 0 radical (unpaired) electrons. The molecule has 1 aromatic carbocycles. The average Bonchev–Trinajstić information content (AvgIpc) is 2.28. The summed E-state index contributed by atoms with van der Waals surface area (Å²) in [6, 6.07) is 7.09. The van der Waals surface area contributed by atoms with Gasteiger partial charge >= 0.3 is 5.97 Å². The number of carbonyl (C=O) groups excluding carboxylic acids is 2. The molecule has 0 aliphatic heterocycles. The molecule has 0 aromatic heterocycles. The molecule has 0 spiro atoms. The van der Waals surface area contributed by atoms with Gasteiger partial charge in [0.15, 0.2) is 0 Å². The molecule has 0 saturated carbocycles. The molecular weight excluding hydrogens is 226 g/mol. The van der Waals surface area contributed by atoms with E-state index in [4.69, 9.17) is 0 Å². The van der Waals surface area contributed by atoms with E-state index >= 15 is 0 Å². The number of ketones is 1. The maximum atomic E-state index is 11.5. The molecule has 0 aliphatic carbocycles. The van der Waals surface area contributed by atoms with Gasteiger partial charge < -0.3 is 4.84 Å². The van der Waals surface area contributed by atoms with Gasteiger partial charge in [0.2, 0.25) is 5.78 Å². The van der Waals surface area contributed by atoms with Gasteiger partial charge in [-0.2, -0.15) is 0 Å². The maximum Gasteiger partial charge on any atom is 0.331 e. The molecule has 0 saturated heterocycles. The highest BCUT2D eigenvalue weighted by molar-refractivity contribution is 7.98. The predicted molar refractivity (Wildman–Crippen MR) is 62.8 cm³/mol. The van der Waals surface area contributed by atoms with E-state index in [1.165, 1.54) is 6.92 Å². The molecule has 0 amide bonds. The van der Waals surface area contributed by atoms with E-state index in [1.54, 1.807) is 23.9 Å². The Kier molecular flexibility index (Phi) is 4.72. The van der Waals surface area contributed by atoms with Crippen LogP contribution >= 0.6 is 11.8 Å². The Labute approximate surface area is 97.7 Å². The van der Waals surface area contributed by atoms with E-state index in [2.05, 4.69) is 9.99 Å². The van der Waals surface area contributed by atoms with Crippen LogP contribution < -0.4 is 0 Å². The third-order valence-electron chi connectivity index (χ3n) is 1.73. The van der Waals surface area contributed by atoms with Crippen LogP contribution in [-0.2, 0) is 9.63 Å². The molecule has 0 N–H and O–H groups in total. The van der Waals surface area contributed by atoms with E-state index in [0.717, 1.165) is 11.1 Å². The summed E-state index contributed by atoms with van der Waals surface area (Å²) < 4.78 is 0. The minimum absolute atomic E-state index is 0.297. The van der Waals surface area contributed by atoms with Crippen LogP contribution in [0.15, 0.2) is 34.3 Å². The second-order valence-electron chi connectivity index (χ2n) is 2.91. The molecule has 1 aromatic rings. The van der Waals surface area contributed by atoms with E-state index < -0.39 is 5.97 Å². The van der Waals surface area contributed by atoms with Gasteiger partial charge in [-0.3, -0.25) is 4.79 Å². The largest absolute Gasteiger partial charge is 0.331 e. The molecule has 0 aliphatic rings. The number of rotatable bonds is 4. The van der Waals surface area contributed by atoms with Gasteiger partial charge in [0.1, 0.15) is 6.21 Å². The molecular formula is C11H11NO3S. The number of nitrogens with zero attached hydrogens (tertiary/aromatic N) is 1. The standard InChI is InChI=1S/C11H11NO3S/c1-8(13)15-12-7-11(14)9-3-5-10(16-2)6-4-9/h3-7H,1-2H3/b12-7+. The number of hydrogen-bond acceptors (Lipinski definition) is 5. The Morgan fingerprint density at radius 1 is 1.31 bits per heavy atom. The molecule has 1 rings (SSSR count). The van der Waals surface area contributed by atoms with Crippen molar-refractivity contribution >= 4 is 29.7 Å². The van der Waals surface area contributed by atoms with Crippen molar-refractivity contribution in [1.82, 2.24) is 0 Å². The van der Waals surface area contributed by atoms with Gasteiger partial charge in [-0.05, 0) is 30.5 Å². The van der Waals surface area contributed by atoms with E-state index in [-0.39, 0.29) is 5.78 Å². The zero-order valence-electron chi connectivity index (χ0n) is 8.97. The minimum atomic E-state index is -0.554. The van der Waals surface area contributed by atoms with Gasteiger partial charge in [-0.25, -0.2) is 4.79 Å². The lowest BCUT2D eigenvalue weighted by molar-refractivity contribution is -0.140. The number of oxime groups is 1. The summed E-state index contributed by atoms with van der Waals surface area (Å²) in [5, 5.41) is 3.26. The van der Waals surface area contributed by atoms with Crippen molar-refractivity contribution in [2.24, 2.45) is 5.16 Å². The van der Waals surface area contributed by atoms with Crippen LogP contribution in [0.4, 0.5) is 0 Å². The van der Waals surface area contributed by atoms with E-state index in [0.29, 0.717) is 5.56 Å². The fourth-order valence-corrected chi connectivity index (χ4v) is 1.39. The minimum Gasteiger partial charge on any atom is -0.318 e. The third-order valence-corrected chi connectivity index (χ3v) is 2.47. The van der Waals surface area contributed by atoms with E-state index in [1.807, 2.05) is 18.4 Å². The molecule has 0 bridgehead atoms. The van der Waals surface area contributed by atoms with Gasteiger partial charge in [0.25, 0.3) is 0 Å². The highest BCUT2D eigenvalue weighted by Gasteiger charge is 2.02. The molecule has 4 nitrogen and oxygen atoms in total. The van der Waals surface area contributed by atoms with Crippen molar-refractivity contribution in [3.05, 3.63) is 29.8 Å². The Bertz CT molecular complexity index is 412. The van der Waals surface area contributed by atoms with Crippen LogP contribution in [0.2, 0.25) is 0 Å². The molecule has 0 heterocycles. The summed E-state index contributed by atoms with van der Waals surface area (Å²) in [7, 11) is 0. The summed E-state index contributed by atoms with van der Waals surface area (Å²) in [4.78, 5) is 27.2. The van der Waals surface area contributed by atoms with Crippen LogP contribution in [-0.4, -0.2) is 24.2 Å². The fourth-order valence-electron chi connectivity index (χ4n) is 0.978. The second-order valence-corrected chi connectivity index (χ2v) is 3.79. The number of thioether (sulfide) groups is 1. The smallest absolute Gasteiger partial charge is 0.318 e. The van der Waals surface area contributed by atoms with Crippen LogP contribution in [0.5, 0.6) is 0 Å². The normalized spacial score (nSPS) is 10.4. The predicted octanol–water partition coefficient (Wildman–Crippen LogP) is 2.14. The lowest BCUT2D eigenvalue weighted by Crippen LogP contribution is -2.01. The second kappa shape index (κ2) is 6.07. The molecule has 5 heteroatoms. The summed E-state index contributed by atoms with van der Waals surface area (Å²) in [5.41, 5.74) is 0.508. The van der Waals surface area contributed by atoms with Gasteiger partial charge in [-0.1, -0.05) is 5.16 Å². The summed E-state index contributed by atoms with van der Waals surface area (Å²) in [5.74, 6) is -0.851. The Hall–Kier alpha value is -1.62. The number of Topliss-reactive ketones (excluding diaryl/α,β-unsaturated/α-hetero) is 1. The van der Waals surface area contributed by atoms with Crippen molar-refractivity contribution in [2.45, 2.75) is 11.8 Å². The quantitative estimate of drug-likeness (QED) is 0.265. The first kappa shape index (κ1) is 12.4. The lowest BCUT2D eigenvalue weighted by Gasteiger charge is -1.97. The van der Waals surface area contributed by atoms with Gasteiger partial charge in [-0.15, -0.1) is 11.8 Å². The first-order chi connectivity index (χ1) is 7.63. The third kappa shape index (κ3) is 3.86. The summed E-state index contributed by atoms with van der Waals surface area (Å²) >= 11 is 1.60. The first-order valence-electron chi connectivity index (χ1n) is 4.53. The SMILES string of the molecule is CSc1ccc(C(=O)/C=N/OC(C)=O)cc1. The fraction of sp³-hybridized carbons (Fsp3) is 0.182. The summed E-state index contributed by atoms with van der Waals surface area (Å²) in [6.45, 7) is 1.22. The maximum absolute atomic E-state index is 11.5. The van der Waals surface area contributed by atoms with Crippen molar-refractivity contribution in [1.29, 1.82) is 0 Å². The molecule has 84 valence electrons. The molecule has 16 heavy (non-hydrogen) atoms.